The van der Waals surface area contributed by atoms with E-state index in [1.54, 1.807) is 0 Å². The molecule has 1 aliphatic carbocycles. The Balaban J connectivity index is 1.65. The van der Waals surface area contributed by atoms with Crippen LogP contribution >= 0.6 is 11.3 Å². The smallest absolute Gasteiger partial charge is 0.00673 e. The lowest BCUT2D eigenvalue weighted by Gasteiger charge is -2.15. The third kappa shape index (κ3) is 3.91. The first-order chi connectivity index (χ1) is 7.84. The van der Waals surface area contributed by atoms with Crippen molar-refractivity contribution in [3.05, 3.63) is 22.4 Å². The molecule has 1 N–H and O–H groups in total. The van der Waals surface area contributed by atoms with Crippen LogP contribution in [0.2, 0.25) is 0 Å². The molecule has 1 aromatic heterocycles. The first kappa shape index (κ1) is 12.1. The van der Waals surface area contributed by atoms with Gasteiger partial charge in [-0.05, 0) is 43.0 Å². The van der Waals surface area contributed by atoms with Gasteiger partial charge in [0.1, 0.15) is 0 Å². The minimum atomic E-state index is 0.782. The Morgan fingerprint density at radius 3 is 3.06 bits per heavy atom. The summed E-state index contributed by atoms with van der Waals surface area (Å²) in [5.74, 6) is 0.948. The van der Waals surface area contributed by atoms with Crippen LogP contribution in [0.1, 0.15) is 43.9 Å². The Hall–Kier alpha value is -0.340. The molecule has 0 amide bonds. The normalized spacial score (nSPS) is 26.6. The standard InChI is InChI=1S/C14H23NS/c1-12-4-2-5-13(8-7-12)15-10-9-14-6-3-11-16-14/h3,6,11-13,15H,2,4-5,7-10H2,1H3. The lowest BCUT2D eigenvalue weighted by Crippen LogP contribution is -2.30. The summed E-state index contributed by atoms with van der Waals surface area (Å²) in [5.41, 5.74) is 0. The largest absolute Gasteiger partial charge is 0.314 e. The number of thiophene rings is 1. The highest BCUT2D eigenvalue weighted by molar-refractivity contribution is 7.09. The topological polar surface area (TPSA) is 12.0 Å². The van der Waals surface area contributed by atoms with Gasteiger partial charge in [-0.15, -0.1) is 11.3 Å². The zero-order valence-electron chi connectivity index (χ0n) is 10.2. The van der Waals surface area contributed by atoms with Gasteiger partial charge in [0.15, 0.2) is 0 Å². The molecule has 1 aliphatic rings. The SMILES string of the molecule is CC1CCCC(NCCc2cccs2)CC1. The molecular formula is C14H23NS. The zero-order valence-corrected chi connectivity index (χ0v) is 11.1. The highest BCUT2D eigenvalue weighted by atomic mass is 32.1. The first-order valence-electron chi connectivity index (χ1n) is 6.60. The van der Waals surface area contributed by atoms with Gasteiger partial charge in [0.2, 0.25) is 0 Å². The Bertz CT molecular complexity index is 281. The summed E-state index contributed by atoms with van der Waals surface area (Å²) in [4.78, 5) is 1.51. The van der Waals surface area contributed by atoms with Crippen LogP contribution in [0, 0.1) is 5.92 Å². The predicted molar refractivity (Wildman–Crippen MR) is 72.1 cm³/mol. The van der Waals surface area contributed by atoms with E-state index in [1.165, 1.54) is 43.4 Å². The summed E-state index contributed by atoms with van der Waals surface area (Å²) in [5, 5.41) is 5.90. The number of rotatable bonds is 4. The first-order valence-corrected chi connectivity index (χ1v) is 7.48. The van der Waals surface area contributed by atoms with Gasteiger partial charge in [-0.25, -0.2) is 0 Å². The lowest BCUT2D eigenvalue weighted by molar-refractivity contribution is 0.451. The second kappa shape index (κ2) is 6.41. The maximum atomic E-state index is 3.73. The van der Waals surface area contributed by atoms with E-state index < -0.39 is 0 Å². The fraction of sp³-hybridized carbons (Fsp3) is 0.714. The maximum Gasteiger partial charge on any atom is 0.00673 e. The van der Waals surface area contributed by atoms with Gasteiger partial charge in [0.05, 0.1) is 0 Å². The van der Waals surface area contributed by atoms with Crippen molar-refractivity contribution >= 4 is 11.3 Å². The van der Waals surface area contributed by atoms with E-state index >= 15 is 0 Å². The second-order valence-corrected chi connectivity index (χ2v) is 6.13. The third-order valence-corrected chi connectivity index (χ3v) is 4.58. The monoisotopic (exact) mass is 237 g/mol. The van der Waals surface area contributed by atoms with Crippen molar-refractivity contribution in [2.24, 2.45) is 5.92 Å². The molecule has 2 rings (SSSR count). The fourth-order valence-electron chi connectivity index (χ4n) is 2.55. The number of nitrogens with one attached hydrogen (secondary N) is 1. The van der Waals surface area contributed by atoms with E-state index in [0.29, 0.717) is 0 Å². The van der Waals surface area contributed by atoms with Crippen LogP contribution in [0.3, 0.4) is 0 Å². The van der Waals surface area contributed by atoms with Gasteiger partial charge in [-0.1, -0.05) is 25.8 Å². The van der Waals surface area contributed by atoms with E-state index in [-0.39, 0.29) is 0 Å². The molecule has 2 unspecified atom stereocenters. The van der Waals surface area contributed by atoms with Crippen molar-refractivity contribution in [1.29, 1.82) is 0 Å². The molecule has 0 saturated heterocycles. The van der Waals surface area contributed by atoms with Crippen molar-refractivity contribution in [3.8, 4) is 0 Å². The van der Waals surface area contributed by atoms with Crippen LogP contribution in [-0.4, -0.2) is 12.6 Å². The fourth-order valence-corrected chi connectivity index (χ4v) is 3.25. The molecule has 1 nitrogen and oxygen atoms in total. The van der Waals surface area contributed by atoms with Crippen LogP contribution < -0.4 is 5.32 Å². The Morgan fingerprint density at radius 1 is 1.31 bits per heavy atom. The summed E-state index contributed by atoms with van der Waals surface area (Å²) in [6, 6.07) is 5.17. The molecule has 0 bridgehead atoms. The molecule has 0 radical (unpaired) electrons. The third-order valence-electron chi connectivity index (χ3n) is 3.64. The minimum Gasteiger partial charge on any atom is -0.314 e. The van der Waals surface area contributed by atoms with Gasteiger partial charge in [0, 0.05) is 17.5 Å². The number of hydrogen-bond acceptors (Lipinski definition) is 2. The van der Waals surface area contributed by atoms with E-state index in [2.05, 4.69) is 29.8 Å². The molecule has 1 heterocycles. The molecule has 0 spiro atoms. The van der Waals surface area contributed by atoms with Crippen molar-refractivity contribution in [2.45, 2.75) is 51.5 Å². The van der Waals surface area contributed by atoms with Crippen molar-refractivity contribution in [1.82, 2.24) is 5.32 Å². The highest BCUT2D eigenvalue weighted by Gasteiger charge is 2.15. The molecule has 90 valence electrons. The molecule has 16 heavy (non-hydrogen) atoms. The summed E-state index contributed by atoms with van der Waals surface area (Å²) in [6.45, 7) is 3.55. The maximum absolute atomic E-state index is 3.73. The Labute approximate surface area is 103 Å². The molecular weight excluding hydrogens is 214 g/mol. The average Bonchev–Trinajstić information content (AvgIpc) is 2.70. The molecule has 1 aromatic rings. The van der Waals surface area contributed by atoms with Gasteiger partial charge in [0.25, 0.3) is 0 Å². The Kier molecular flexibility index (Phi) is 4.86. The van der Waals surface area contributed by atoms with Gasteiger partial charge >= 0.3 is 0 Å². The van der Waals surface area contributed by atoms with Crippen LogP contribution in [0.5, 0.6) is 0 Å². The van der Waals surface area contributed by atoms with Gasteiger partial charge in [-0.2, -0.15) is 0 Å². The zero-order chi connectivity index (χ0) is 11.2. The quantitative estimate of drug-likeness (QED) is 0.784. The summed E-state index contributed by atoms with van der Waals surface area (Å²) in [7, 11) is 0. The summed E-state index contributed by atoms with van der Waals surface area (Å²) in [6.07, 6.45) is 8.22. The second-order valence-electron chi connectivity index (χ2n) is 5.09. The van der Waals surface area contributed by atoms with E-state index in [0.717, 1.165) is 18.5 Å². The number of hydrogen-bond donors (Lipinski definition) is 1. The summed E-state index contributed by atoms with van der Waals surface area (Å²) >= 11 is 1.87. The molecule has 0 aliphatic heterocycles. The molecule has 0 aromatic carbocycles. The average molecular weight is 237 g/mol. The minimum absolute atomic E-state index is 0.782. The molecule has 2 atom stereocenters. The van der Waals surface area contributed by atoms with Crippen molar-refractivity contribution in [3.63, 3.8) is 0 Å². The lowest BCUT2D eigenvalue weighted by atomic mass is 10.0. The van der Waals surface area contributed by atoms with Crippen molar-refractivity contribution < 1.29 is 0 Å². The summed E-state index contributed by atoms with van der Waals surface area (Å²) < 4.78 is 0. The highest BCUT2D eigenvalue weighted by Crippen LogP contribution is 2.22. The molecule has 1 saturated carbocycles. The van der Waals surface area contributed by atoms with Crippen LogP contribution in [0.4, 0.5) is 0 Å². The predicted octanol–water partition coefficient (Wildman–Crippen LogP) is 3.85. The van der Waals surface area contributed by atoms with Gasteiger partial charge < -0.3 is 5.32 Å². The van der Waals surface area contributed by atoms with Crippen LogP contribution in [0.15, 0.2) is 17.5 Å². The van der Waals surface area contributed by atoms with E-state index in [9.17, 15) is 0 Å². The van der Waals surface area contributed by atoms with E-state index in [4.69, 9.17) is 0 Å². The van der Waals surface area contributed by atoms with Crippen LogP contribution in [-0.2, 0) is 6.42 Å². The Morgan fingerprint density at radius 2 is 2.25 bits per heavy atom. The molecule has 1 fully saturated rings. The van der Waals surface area contributed by atoms with Crippen molar-refractivity contribution in [2.75, 3.05) is 6.54 Å². The van der Waals surface area contributed by atoms with E-state index in [1.807, 2.05) is 11.3 Å². The molecule has 2 heteroatoms. The van der Waals surface area contributed by atoms with Gasteiger partial charge in [-0.3, -0.25) is 0 Å². The van der Waals surface area contributed by atoms with Crippen LogP contribution in [0.25, 0.3) is 0 Å².